The molecular weight excluding hydrogens is 254 g/mol. The predicted molar refractivity (Wildman–Crippen MR) is 78.6 cm³/mol. The van der Waals surface area contributed by atoms with Gasteiger partial charge in [0.25, 0.3) is 0 Å². The molecule has 0 bridgehead atoms. The van der Waals surface area contributed by atoms with Crippen molar-refractivity contribution in [2.75, 3.05) is 11.9 Å². The van der Waals surface area contributed by atoms with Gasteiger partial charge in [-0.25, -0.2) is 4.98 Å². The van der Waals surface area contributed by atoms with Crippen molar-refractivity contribution in [3.05, 3.63) is 30.5 Å². The molecule has 0 saturated carbocycles. The maximum absolute atomic E-state index is 11.2. The van der Waals surface area contributed by atoms with Gasteiger partial charge in [-0.1, -0.05) is 26.0 Å². The number of fused-ring (bicyclic) bond motifs is 1. The lowest BCUT2D eigenvalue weighted by Gasteiger charge is -2.15. The summed E-state index contributed by atoms with van der Waals surface area (Å²) in [5.41, 5.74) is 1.63. The summed E-state index contributed by atoms with van der Waals surface area (Å²) in [5.74, 6) is -0.234. The summed E-state index contributed by atoms with van der Waals surface area (Å²) in [4.78, 5) is 19.9. The lowest BCUT2D eigenvalue weighted by atomic mass is 9.97. The second-order valence-electron chi connectivity index (χ2n) is 5.29. The summed E-state index contributed by atoms with van der Waals surface area (Å²) < 4.78 is 0. The van der Waals surface area contributed by atoms with Crippen LogP contribution in [0.4, 0.5) is 5.82 Å². The third-order valence-electron chi connectivity index (χ3n) is 3.08. The van der Waals surface area contributed by atoms with Gasteiger partial charge < -0.3 is 10.4 Å². The van der Waals surface area contributed by atoms with Crippen LogP contribution in [0.25, 0.3) is 11.0 Å². The van der Waals surface area contributed by atoms with Gasteiger partial charge in [0, 0.05) is 6.54 Å². The maximum atomic E-state index is 11.2. The highest BCUT2D eigenvalue weighted by Crippen LogP contribution is 2.15. The van der Waals surface area contributed by atoms with E-state index in [2.05, 4.69) is 15.3 Å². The second-order valence-corrected chi connectivity index (χ2v) is 5.29. The summed E-state index contributed by atoms with van der Waals surface area (Å²) in [7, 11) is 0. The Hall–Kier alpha value is -2.17. The Labute approximate surface area is 118 Å². The van der Waals surface area contributed by atoms with Gasteiger partial charge in [0.15, 0.2) is 0 Å². The van der Waals surface area contributed by atoms with Crippen LogP contribution in [-0.4, -0.2) is 27.6 Å². The predicted octanol–water partition coefficient (Wildman–Crippen LogP) is 2.79. The number of para-hydroxylation sites is 2. The third kappa shape index (κ3) is 3.66. The quantitative estimate of drug-likeness (QED) is 0.846. The normalized spacial score (nSPS) is 12.6. The number of carboxylic acid groups (broad SMARTS) is 1. The summed E-state index contributed by atoms with van der Waals surface area (Å²) >= 11 is 0. The number of nitrogens with one attached hydrogen (secondary N) is 1. The molecule has 0 aliphatic carbocycles. The van der Waals surface area contributed by atoms with Crippen molar-refractivity contribution in [2.45, 2.75) is 20.3 Å². The average Bonchev–Trinajstić information content (AvgIpc) is 2.42. The fourth-order valence-corrected chi connectivity index (χ4v) is 2.11. The summed E-state index contributed by atoms with van der Waals surface area (Å²) in [5, 5.41) is 12.3. The number of hydrogen-bond donors (Lipinski definition) is 2. The van der Waals surface area contributed by atoms with Gasteiger partial charge in [-0.2, -0.15) is 0 Å². The van der Waals surface area contributed by atoms with E-state index in [1.807, 2.05) is 38.1 Å². The summed E-state index contributed by atoms with van der Waals surface area (Å²) in [6.07, 6.45) is 2.28. The Morgan fingerprint density at radius 3 is 2.65 bits per heavy atom. The minimum atomic E-state index is -0.778. The Morgan fingerprint density at radius 2 is 2.00 bits per heavy atom. The van der Waals surface area contributed by atoms with Crippen LogP contribution in [0, 0.1) is 11.8 Å². The molecule has 1 aromatic carbocycles. The van der Waals surface area contributed by atoms with E-state index in [9.17, 15) is 9.90 Å². The van der Waals surface area contributed by atoms with Crippen LogP contribution in [0.1, 0.15) is 20.3 Å². The fraction of sp³-hybridized carbons (Fsp3) is 0.400. The monoisotopic (exact) mass is 273 g/mol. The van der Waals surface area contributed by atoms with Crippen molar-refractivity contribution in [1.82, 2.24) is 9.97 Å². The highest BCUT2D eigenvalue weighted by atomic mass is 16.4. The van der Waals surface area contributed by atoms with Crippen LogP contribution in [0.15, 0.2) is 30.5 Å². The van der Waals surface area contributed by atoms with Crippen LogP contribution in [0.3, 0.4) is 0 Å². The molecule has 1 unspecified atom stereocenters. The molecule has 20 heavy (non-hydrogen) atoms. The largest absolute Gasteiger partial charge is 0.481 e. The molecule has 2 aromatic rings. The number of aliphatic carboxylic acids is 1. The first-order valence-electron chi connectivity index (χ1n) is 6.74. The fourth-order valence-electron chi connectivity index (χ4n) is 2.11. The van der Waals surface area contributed by atoms with E-state index in [1.165, 1.54) is 0 Å². The lowest BCUT2D eigenvalue weighted by molar-refractivity contribution is -0.141. The van der Waals surface area contributed by atoms with E-state index >= 15 is 0 Å². The molecular formula is C15H19N3O2. The smallest absolute Gasteiger partial charge is 0.308 e. The van der Waals surface area contributed by atoms with Crippen molar-refractivity contribution in [1.29, 1.82) is 0 Å². The van der Waals surface area contributed by atoms with Crippen LogP contribution < -0.4 is 5.32 Å². The minimum Gasteiger partial charge on any atom is -0.481 e. The zero-order chi connectivity index (χ0) is 14.5. The number of carboxylic acids is 1. The highest BCUT2D eigenvalue weighted by molar-refractivity contribution is 5.75. The number of nitrogens with zero attached hydrogens (tertiary/aromatic N) is 2. The van der Waals surface area contributed by atoms with Gasteiger partial charge in [-0.05, 0) is 24.5 Å². The molecule has 0 aliphatic rings. The Kier molecular flexibility index (Phi) is 4.50. The van der Waals surface area contributed by atoms with Crippen molar-refractivity contribution in [3.8, 4) is 0 Å². The molecule has 1 atom stereocenters. The molecule has 0 aliphatic heterocycles. The molecule has 5 heteroatoms. The Balaban J connectivity index is 2.05. The van der Waals surface area contributed by atoms with E-state index in [-0.39, 0.29) is 0 Å². The molecule has 106 valence electrons. The standard InChI is InChI=1S/C15H19N3O2/c1-10(2)7-11(15(19)20)8-17-14-9-16-12-5-3-4-6-13(12)18-14/h3-6,9-11H,7-8H2,1-2H3,(H,17,18)(H,19,20). The van der Waals surface area contributed by atoms with Gasteiger partial charge in [0.05, 0.1) is 23.1 Å². The van der Waals surface area contributed by atoms with Crippen LogP contribution >= 0.6 is 0 Å². The Bertz CT molecular complexity index is 598. The molecule has 0 amide bonds. The maximum Gasteiger partial charge on any atom is 0.308 e. The topological polar surface area (TPSA) is 75.1 Å². The zero-order valence-corrected chi connectivity index (χ0v) is 11.7. The van der Waals surface area contributed by atoms with Crippen LogP contribution in [0.5, 0.6) is 0 Å². The molecule has 1 heterocycles. The molecule has 2 rings (SSSR count). The summed E-state index contributed by atoms with van der Waals surface area (Å²) in [6, 6.07) is 7.59. The second kappa shape index (κ2) is 6.32. The van der Waals surface area contributed by atoms with Gasteiger partial charge >= 0.3 is 5.97 Å². The van der Waals surface area contributed by atoms with E-state index in [1.54, 1.807) is 6.20 Å². The van der Waals surface area contributed by atoms with Gasteiger partial charge in [-0.15, -0.1) is 0 Å². The Morgan fingerprint density at radius 1 is 1.30 bits per heavy atom. The first-order valence-corrected chi connectivity index (χ1v) is 6.74. The molecule has 2 N–H and O–H groups in total. The lowest BCUT2D eigenvalue weighted by Crippen LogP contribution is -2.24. The summed E-state index contributed by atoms with van der Waals surface area (Å²) in [6.45, 7) is 4.40. The van der Waals surface area contributed by atoms with Gasteiger partial charge in [0.2, 0.25) is 0 Å². The van der Waals surface area contributed by atoms with Crippen LogP contribution in [0.2, 0.25) is 0 Å². The molecule has 1 aromatic heterocycles. The van der Waals surface area contributed by atoms with E-state index < -0.39 is 11.9 Å². The number of aromatic nitrogens is 2. The zero-order valence-electron chi connectivity index (χ0n) is 11.7. The van der Waals surface area contributed by atoms with Gasteiger partial charge in [0.1, 0.15) is 5.82 Å². The molecule has 0 radical (unpaired) electrons. The average molecular weight is 273 g/mol. The number of rotatable bonds is 6. The van der Waals surface area contributed by atoms with Crippen molar-refractivity contribution in [3.63, 3.8) is 0 Å². The van der Waals surface area contributed by atoms with Crippen molar-refractivity contribution < 1.29 is 9.90 Å². The van der Waals surface area contributed by atoms with E-state index in [0.29, 0.717) is 24.7 Å². The minimum absolute atomic E-state index is 0.348. The van der Waals surface area contributed by atoms with Crippen LogP contribution in [-0.2, 0) is 4.79 Å². The first kappa shape index (κ1) is 14.2. The third-order valence-corrected chi connectivity index (χ3v) is 3.08. The van der Waals surface area contributed by atoms with Crippen molar-refractivity contribution >= 4 is 22.8 Å². The number of hydrogen-bond acceptors (Lipinski definition) is 4. The van der Waals surface area contributed by atoms with E-state index in [4.69, 9.17) is 0 Å². The highest BCUT2D eigenvalue weighted by Gasteiger charge is 2.18. The van der Waals surface area contributed by atoms with E-state index in [0.717, 1.165) is 11.0 Å². The SMILES string of the molecule is CC(C)CC(CNc1cnc2ccccc2n1)C(=O)O. The van der Waals surface area contributed by atoms with Crippen molar-refractivity contribution in [2.24, 2.45) is 11.8 Å². The molecule has 0 spiro atoms. The molecule has 5 nitrogen and oxygen atoms in total. The number of carbonyl (C=O) groups is 1. The molecule has 0 saturated heterocycles. The number of anilines is 1. The van der Waals surface area contributed by atoms with Gasteiger partial charge in [-0.3, -0.25) is 9.78 Å². The molecule has 0 fully saturated rings. The number of benzene rings is 1. The first-order chi connectivity index (χ1) is 9.56.